The van der Waals surface area contributed by atoms with Crippen molar-refractivity contribution >= 4 is 12.1 Å². The maximum atomic E-state index is 11.2. The monoisotopic (exact) mass is 280 g/mol. The number of amides is 1. The number of nitrogens with zero attached hydrogens (tertiary/aromatic N) is 3. The molecule has 0 aliphatic rings. The first-order chi connectivity index (χ1) is 10.1. The number of carbonyl (C=O) groups excluding carboxylic acids is 1. The summed E-state index contributed by atoms with van der Waals surface area (Å²) in [7, 11) is 0. The van der Waals surface area contributed by atoms with Crippen molar-refractivity contribution in [2.24, 2.45) is 5.10 Å². The first kappa shape index (κ1) is 14.5. The Hall–Kier alpha value is -2.87. The molecule has 0 saturated heterocycles. The van der Waals surface area contributed by atoms with Crippen LogP contribution in [0.25, 0.3) is 5.69 Å². The van der Waals surface area contributed by atoms with Crippen molar-refractivity contribution < 1.29 is 4.79 Å². The molecule has 0 aliphatic carbocycles. The third-order valence-corrected chi connectivity index (χ3v) is 3.12. The maximum absolute atomic E-state index is 11.2. The fraction of sp³-hybridized carbons (Fsp3) is 0.188. The van der Waals surface area contributed by atoms with Crippen LogP contribution in [0.5, 0.6) is 0 Å². The van der Waals surface area contributed by atoms with Crippen LogP contribution in [0, 0.1) is 25.2 Å². The van der Waals surface area contributed by atoms with Gasteiger partial charge in [-0.15, -0.1) is 0 Å². The Kier molecular flexibility index (Phi) is 4.52. The minimum absolute atomic E-state index is 0.194. The van der Waals surface area contributed by atoms with Gasteiger partial charge in [0, 0.05) is 22.6 Å². The zero-order valence-electron chi connectivity index (χ0n) is 12.0. The zero-order valence-corrected chi connectivity index (χ0v) is 12.0. The molecule has 0 fully saturated rings. The number of hydrazone groups is 1. The highest BCUT2D eigenvalue weighted by atomic mass is 16.2. The predicted molar refractivity (Wildman–Crippen MR) is 81.2 cm³/mol. The number of rotatable bonds is 4. The summed E-state index contributed by atoms with van der Waals surface area (Å²) in [6.45, 7) is 4.02. The van der Waals surface area contributed by atoms with E-state index in [0.29, 0.717) is 0 Å². The smallest absolute Gasteiger partial charge is 0.254 e. The van der Waals surface area contributed by atoms with Crippen LogP contribution in [0.15, 0.2) is 41.5 Å². The minimum atomic E-state index is -0.411. The van der Waals surface area contributed by atoms with Crippen LogP contribution in [0.2, 0.25) is 0 Å². The summed E-state index contributed by atoms with van der Waals surface area (Å²) in [4.78, 5) is 11.2. The highest BCUT2D eigenvalue weighted by Crippen LogP contribution is 2.19. The molecule has 21 heavy (non-hydrogen) atoms. The standard InChI is InChI=1S/C16H16N4O/c1-12-10-14(11-18-19-16(21)8-9-17)13(2)20(12)15-6-4-3-5-7-15/h3-7,10-11H,8H2,1-2H3,(H,19,21)/b18-11+. The van der Waals surface area contributed by atoms with Gasteiger partial charge >= 0.3 is 0 Å². The van der Waals surface area contributed by atoms with Gasteiger partial charge in [-0.1, -0.05) is 18.2 Å². The topological polar surface area (TPSA) is 70.2 Å². The molecule has 0 saturated carbocycles. The summed E-state index contributed by atoms with van der Waals surface area (Å²) in [5.41, 5.74) is 6.46. The van der Waals surface area contributed by atoms with E-state index in [1.54, 1.807) is 12.3 Å². The molecule has 5 heteroatoms. The number of nitrogens with one attached hydrogen (secondary N) is 1. The molecule has 106 valence electrons. The Morgan fingerprint density at radius 2 is 2.10 bits per heavy atom. The Balaban J connectivity index is 2.22. The highest BCUT2D eigenvalue weighted by Gasteiger charge is 2.08. The van der Waals surface area contributed by atoms with Crippen molar-refractivity contribution in [2.45, 2.75) is 20.3 Å². The molecule has 2 aromatic rings. The van der Waals surface area contributed by atoms with E-state index in [9.17, 15) is 4.79 Å². The van der Waals surface area contributed by atoms with Gasteiger partial charge in [0.1, 0.15) is 6.42 Å². The second-order valence-electron chi connectivity index (χ2n) is 4.63. The van der Waals surface area contributed by atoms with Gasteiger partial charge in [0.2, 0.25) is 0 Å². The maximum Gasteiger partial charge on any atom is 0.254 e. The van der Waals surface area contributed by atoms with Crippen LogP contribution in [0.1, 0.15) is 23.4 Å². The second kappa shape index (κ2) is 6.53. The van der Waals surface area contributed by atoms with Crippen molar-refractivity contribution in [3.05, 3.63) is 53.3 Å². The van der Waals surface area contributed by atoms with Crippen molar-refractivity contribution in [3.8, 4) is 11.8 Å². The molecule has 0 radical (unpaired) electrons. The lowest BCUT2D eigenvalue weighted by Crippen LogP contribution is -2.16. The van der Waals surface area contributed by atoms with Crippen LogP contribution in [0.3, 0.4) is 0 Å². The largest absolute Gasteiger partial charge is 0.318 e. The Morgan fingerprint density at radius 3 is 2.76 bits per heavy atom. The van der Waals surface area contributed by atoms with E-state index in [0.717, 1.165) is 22.6 Å². The molecule has 1 amide bonds. The summed E-state index contributed by atoms with van der Waals surface area (Å²) < 4.78 is 2.12. The molecule has 0 unspecified atom stereocenters. The van der Waals surface area contributed by atoms with Crippen LogP contribution in [-0.2, 0) is 4.79 Å². The van der Waals surface area contributed by atoms with Crippen molar-refractivity contribution in [1.29, 1.82) is 5.26 Å². The van der Waals surface area contributed by atoms with Crippen LogP contribution < -0.4 is 5.43 Å². The van der Waals surface area contributed by atoms with Gasteiger partial charge in [-0.2, -0.15) is 10.4 Å². The normalized spacial score (nSPS) is 10.5. The number of carbonyl (C=O) groups is 1. The van der Waals surface area contributed by atoms with Gasteiger partial charge in [0.25, 0.3) is 5.91 Å². The molecule has 0 atom stereocenters. The first-order valence-electron chi connectivity index (χ1n) is 6.56. The summed E-state index contributed by atoms with van der Waals surface area (Å²) in [6.07, 6.45) is 1.40. The number of para-hydroxylation sites is 1. The van der Waals surface area contributed by atoms with E-state index >= 15 is 0 Å². The summed E-state index contributed by atoms with van der Waals surface area (Å²) in [6, 6.07) is 13.8. The number of aryl methyl sites for hydroxylation is 1. The van der Waals surface area contributed by atoms with Crippen molar-refractivity contribution in [3.63, 3.8) is 0 Å². The molecule has 1 N–H and O–H groups in total. The quantitative estimate of drug-likeness (QED) is 0.690. The molecule has 0 bridgehead atoms. The molecular formula is C16H16N4O. The number of hydrogen-bond donors (Lipinski definition) is 1. The lowest BCUT2D eigenvalue weighted by Gasteiger charge is -2.08. The molecular weight excluding hydrogens is 264 g/mol. The fourth-order valence-corrected chi connectivity index (χ4v) is 2.18. The van der Waals surface area contributed by atoms with Gasteiger partial charge in [-0.3, -0.25) is 4.79 Å². The molecule has 1 aromatic heterocycles. The predicted octanol–water partition coefficient (Wildman–Crippen LogP) is 2.46. The van der Waals surface area contributed by atoms with Gasteiger partial charge in [0.05, 0.1) is 12.3 Å². The van der Waals surface area contributed by atoms with Crippen LogP contribution in [0.4, 0.5) is 0 Å². The van der Waals surface area contributed by atoms with E-state index in [-0.39, 0.29) is 6.42 Å². The van der Waals surface area contributed by atoms with E-state index in [2.05, 4.69) is 15.1 Å². The Labute approximate surface area is 123 Å². The minimum Gasteiger partial charge on any atom is -0.318 e. The average molecular weight is 280 g/mol. The molecule has 5 nitrogen and oxygen atoms in total. The van der Waals surface area contributed by atoms with Gasteiger partial charge < -0.3 is 4.57 Å². The molecule has 1 heterocycles. The molecule has 2 rings (SSSR count). The molecule has 0 spiro atoms. The van der Waals surface area contributed by atoms with Gasteiger partial charge in [-0.25, -0.2) is 5.43 Å². The molecule has 1 aromatic carbocycles. The lowest BCUT2D eigenvalue weighted by atomic mass is 10.2. The average Bonchev–Trinajstić information content (AvgIpc) is 2.75. The third kappa shape index (κ3) is 3.37. The van der Waals surface area contributed by atoms with E-state index < -0.39 is 5.91 Å². The van der Waals surface area contributed by atoms with Crippen LogP contribution in [-0.4, -0.2) is 16.7 Å². The van der Waals surface area contributed by atoms with E-state index in [1.807, 2.05) is 50.2 Å². The third-order valence-electron chi connectivity index (χ3n) is 3.12. The summed E-state index contributed by atoms with van der Waals surface area (Å²) in [5.74, 6) is -0.411. The first-order valence-corrected chi connectivity index (χ1v) is 6.56. The zero-order chi connectivity index (χ0) is 15.2. The summed E-state index contributed by atoms with van der Waals surface area (Å²) >= 11 is 0. The van der Waals surface area contributed by atoms with Gasteiger partial charge in [0.15, 0.2) is 0 Å². The number of aromatic nitrogens is 1. The number of hydrogen-bond acceptors (Lipinski definition) is 3. The fourth-order valence-electron chi connectivity index (χ4n) is 2.18. The number of benzene rings is 1. The van der Waals surface area contributed by atoms with Crippen molar-refractivity contribution in [1.82, 2.24) is 9.99 Å². The number of nitriles is 1. The van der Waals surface area contributed by atoms with Crippen molar-refractivity contribution in [2.75, 3.05) is 0 Å². The molecule has 0 aliphatic heterocycles. The van der Waals surface area contributed by atoms with E-state index in [1.165, 1.54) is 0 Å². The Bertz CT molecular complexity index is 708. The second-order valence-corrected chi connectivity index (χ2v) is 4.63. The van der Waals surface area contributed by atoms with E-state index in [4.69, 9.17) is 5.26 Å². The van der Waals surface area contributed by atoms with Crippen LogP contribution >= 0.6 is 0 Å². The Morgan fingerprint density at radius 1 is 1.38 bits per heavy atom. The lowest BCUT2D eigenvalue weighted by molar-refractivity contribution is -0.120. The highest BCUT2D eigenvalue weighted by molar-refractivity contribution is 5.84. The SMILES string of the molecule is Cc1cc(/C=N/NC(=O)CC#N)c(C)n1-c1ccccc1. The van der Waals surface area contributed by atoms with Gasteiger partial charge in [-0.05, 0) is 32.0 Å². The summed E-state index contributed by atoms with van der Waals surface area (Å²) in [5, 5.41) is 12.3.